The van der Waals surface area contributed by atoms with Gasteiger partial charge in [-0.25, -0.2) is 4.79 Å². The Morgan fingerprint density at radius 1 is 1.36 bits per heavy atom. The number of carbonyl (C=O) groups is 3. The van der Waals surface area contributed by atoms with Crippen LogP contribution in [0.4, 0.5) is 0 Å². The number of Topliss-reactive ketones (excluding diaryl/α,β-unsaturated/α-hetero) is 1. The van der Waals surface area contributed by atoms with E-state index in [1.165, 1.54) is 6.08 Å². The summed E-state index contributed by atoms with van der Waals surface area (Å²) in [6, 6.07) is 0. The van der Waals surface area contributed by atoms with Crippen LogP contribution in [0.2, 0.25) is 0 Å². The van der Waals surface area contributed by atoms with Crippen LogP contribution >= 0.6 is 0 Å². The van der Waals surface area contributed by atoms with Gasteiger partial charge in [0, 0.05) is 24.8 Å². The first-order chi connectivity index (χ1) is 11.6. The number of ketones is 2. The van der Waals surface area contributed by atoms with Crippen LogP contribution in [0.1, 0.15) is 52.9 Å². The third-order valence-corrected chi connectivity index (χ3v) is 4.81. The van der Waals surface area contributed by atoms with Crippen molar-refractivity contribution in [2.75, 3.05) is 0 Å². The summed E-state index contributed by atoms with van der Waals surface area (Å²) in [5.41, 5.74) is 0.526. The van der Waals surface area contributed by atoms with Crippen LogP contribution in [-0.2, 0) is 19.1 Å². The molecule has 0 aromatic rings. The first-order valence-electron chi connectivity index (χ1n) is 8.61. The molecule has 0 aromatic heterocycles. The summed E-state index contributed by atoms with van der Waals surface area (Å²) < 4.78 is 5.30. The molecule has 2 aliphatic rings. The standard InChI is InChI=1S/C20H26O5/c1-12(2)14-5-6-15-8-17(25-19(15)23)11-20(4,24)10-16(21)7-13(3)18(22)9-14/h7-8,14,17,24H,1,5-6,9-11H2,2-4H3. The number of aliphatic hydroxyl groups is 1. The van der Waals surface area contributed by atoms with Crippen LogP contribution in [0.5, 0.6) is 0 Å². The minimum absolute atomic E-state index is 0.0512. The summed E-state index contributed by atoms with van der Waals surface area (Å²) in [5, 5.41) is 10.5. The third-order valence-electron chi connectivity index (χ3n) is 4.81. The lowest BCUT2D eigenvalue weighted by molar-refractivity contribution is -0.141. The van der Waals surface area contributed by atoms with Gasteiger partial charge in [0.15, 0.2) is 11.6 Å². The number of allylic oxidation sites excluding steroid dienone is 3. The molecule has 0 radical (unpaired) electrons. The van der Waals surface area contributed by atoms with Crippen molar-refractivity contribution in [2.24, 2.45) is 5.92 Å². The highest BCUT2D eigenvalue weighted by molar-refractivity contribution is 6.02. The average Bonchev–Trinajstić information content (AvgIpc) is 2.79. The molecule has 0 saturated heterocycles. The van der Waals surface area contributed by atoms with Crippen LogP contribution in [0.15, 0.2) is 35.5 Å². The maximum absolute atomic E-state index is 12.4. The van der Waals surface area contributed by atoms with Crippen molar-refractivity contribution in [3.05, 3.63) is 35.5 Å². The monoisotopic (exact) mass is 346 g/mol. The van der Waals surface area contributed by atoms with Gasteiger partial charge in [-0.05, 0) is 57.3 Å². The number of ether oxygens (including phenoxy) is 1. The van der Waals surface area contributed by atoms with Gasteiger partial charge >= 0.3 is 5.97 Å². The smallest absolute Gasteiger partial charge is 0.334 e. The molecular formula is C20H26O5. The minimum atomic E-state index is -1.31. The topological polar surface area (TPSA) is 80.7 Å². The van der Waals surface area contributed by atoms with E-state index in [2.05, 4.69) is 6.58 Å². The zero-order valence-corrected chi connectivity index (χ0v) is 15.1. The Morgan fingerprint density at radius 2 is 2.04 bits per heavy atom. The number of rotatable bonds is 1. The first kappa shape index (κ1) is 19.3. The molecule has 3 atom stereocenters. The van der Waals surface area contributed by atoms with Crippen LogP contribution < -0.4 is 0 Å². The zero-order chi connectivity index (χ0) is 18.8. The lowest BCUT2D eigenvalue weighted by Crippen LogP contribution is -2.32. The van der Waals surface area contributed by atoms with Gasteiger partial charge in [0.2, 0.25) is 0 Å². The van der Waals surface area contributed by atoms with Gasteiger partial charge in [-0.3, -0.25) is 9.59 Å². The lowest BCUT2D eigenvalue weighted by atomic mass is 9.86. The van der Waals surface area contributed by atoms with E-state index in [0.717, 1.165) is 5.57 Å². The Bertz CT molecular complexity index is 666. The predicted molar refractivity (Wildman–Crippen MR) is 93.7 cm³/mol. The van der Waals surface area contributed by atoms with Crippen molar-refractivity contribution >= 4 is 17.5 Å². The summed E-state index contributed by atoms with van der Waals surface area (Å²) in [6.07, 6.45) is 3.91. The fourth-order valence-electron chi connectivity index (χ4n) is 3.32. The van der Waals surface area contributed by atoms with Gasteiger partial charge in [0.05, 0.1) is 5.60 Å². The summed E-state index contributed by atoms with van der Waals surface area (Å²) in [4.78, 5) is 36.6. The Balaban J connectivity index is 2.30. The number of esters is 1. The Labute approximate surface area is 148 Å². The number of hydrogen-bond acceptors (Lipinski definition) is 5. The van der Waals surface area contributed by atoms with Gasteiger partial charge in [-0.1, -0.05) is 12.2 Å². The molecule has 5 nitrogen and oxygen atoms in total. The molecule has 0 fully saturated rings. The molecule has 1 heterocycles. The van der Waals surface area contributed by atoms with Crippen molar-refractivity contribution in [3.63, 3.8) is 0 Å². The molecule has 5 heteroatoms. The molecule has 1 aliphatic heterocycles. The third kappa shape index (κ3) is 5.23. The molecule has 2 rings (SSSR count). The summed E-state index contributed by atoms with van der Waals surface area (Å²) in [7, 11) is 0. The molecule has 1 aliphatic carbocycles. The number of carbonyl (C=O) groups excluding carboxylic acids is 3. The molecule has 25 heavy (non-hydrogen) atoms. The second kappa shape index (κ2) is 7.48. The molecule has 2 bridgehead atoms. The highest BCUT2D eigenvalue weighted by Crippen LogP contribution is 2.30. The fraction of sp³-hybridized carbons (Fsp3) is 0.550. The van der Waals surface area contributed by atoms with Gasteiger partial charge in [-0.2, -0.15) is 0 Å². The SMILES string of the molecule is C=C(C)C1CCC2=CC(CC(C)(O)CC(=O)C=C(C)C(=O)C1)OC2=O. The van der Waals surface area contributed by atoms with Crippen LogP contribution in [0.3, 0.4) is 0 Å². The number of fused-ring (bicyclic) bond motifs is 1. The van der Waals surface area contributed by atoms with Crippen LogP contribution in [-0.4, -0.2) is 34.3 Å². The normalized spacial score (nSPS) is 31.8. The van der Waals surface area contributed by atoms with E-state index >= 15 is 0 Å². The van der Waals surface area contributed by atoms with Crippen molar-refractivity contribution in [1.29, 1.82) is 0 Å². The Morgan fingerprint density at radius 3 is 2.68 bits per heavy atom. The van der Waals surface area contributed by atoms with E-state index in [1.807, 2.05) is 6.92 Å². The predicted octanol–water partition coefficient (Wildman–Crippen LogP) is 2.83. The van der Waals surface area contributed by atoms with Gasteiger partial charge in [0.1, 0.15) is 6.10 Å². The van der Waals surface area contributed by atoms with E-state index in [0.29, 0.717) is 24.0 Å². The van der Waals surface area contributed by atoms with E-state index in [1.54, 1.807) is 19.9 Å². The van der Waals surface area contributed by atoms with Gasteiger partial charge < -0.3 is 9.84 Å². The molecule has 0 amide bonds. The van der Waals surface area contributed by atoms with E-state index < -0.39 is 11.7 Å². The maximum atomic E-state index is 12.4. The molecular weight excluding hydrogens is 320 g/mol. The highest BCUT2D eigenvalue weighted by atomic mass is 16.5. The second-order valence-electron chi connectivity index (χ2n) is 7.52. The van der Waals surface area contributed by atoms with Gasteiger partial charge in [-0.15, -0.1) is 0 Å². The fourth-order valence-corrected chi connectivity index (χ4v) is 3.32. The Kier molecular flexibility index (Phi) is 5.78. The van der Waals surface area contributed by atoms with Crippen molar-refractivity contribution in [2.45, 2.75) is 64.6 Å². The molecule has 0 spiro atoms. The van der Waals surface area contributed by atoms with Crippen molar-refractivity contribution in [3.8, 4) is 0 Å². The van der Waals surface area contributed by atoms with Crippen molar-refractivity contribution in [1.82, 2.24) is 0 Å². The summed E-state index contributed by atoms with van der Waals surface area (Å²) in [5.74, 6) is -0.861. The summed E-state index contributed by atoms with van der Waals surface area (Å²) >= 11 is 0. The summed E-state index contributed by atoms with van der Waals surface area (Å²) in [6.45, 7) is 8.98. The minimum Gasteiger partial charge on any atom is -0.455 e. The van der Waals surface area contributed by atoms with Gasteiger partial charge in [0.25, 0.3) is 0 Å². The second-order valence-corrected chi connectivity index (χ2v) is 7.52. The first-order valence-corrected chi connectivity index (χ1v) is 8.61. The molecule has 3 unspecified atom stereocenters. The quantitative estimate of drug-likeness (QED) is 0.583. The zero-order valence-electron chi connectivity index (χ0n) is 15.1. The van der Waals surface area contributed by atoms with E-state index in [9.17, 15) is 19.5 Å². The number of hydrogen-bond donors (Lipinski definition) is 1. The molecule has 0 saturated carbocycles. The van der Waals surface area contributed by atoms with Crippen LogP contribution in [0, 0.1) is 5.92 Å². The highest BCUT2D eigenvalue weighted by Gasteiger charge is 2.34. The Hall–Kier alpha value is -2.01. The molecule has 1 N–H and O–H groups in total. The molecule has 0 aromatic carbocycles. The lowest BCUT2D eigenvalue weighted by Gasteiger charge is -2.24. The largest absolute Gasteiger partial charge is 0.455 e. The maximum Gasteiger partial charge on any atom is 0.334 e. The molecule has 136 valence electrons. The average molecular weight is 346 g/mol. The van der Waals surface area contributed by atoms with Crippen LogP contribution in [0.25, 0.3) is 0 Å². The van der Waals surface area contributed by atoms with E-state index in [-0.39, 0.29) is 42.7 Å². The van der Waals surface area contributed by atoms with Crippen molar-refractivity contribution < 1.29 is 24.2 Å². The van der Waals surface area contributed by atoms with E-state index in [4.69, 9.17) is 4.74 Å².